The van der Waals surface area contributed by atoms with Crippen LogP contribution >= 0.6 is 0 Å². The molecular weight excluding hydrogens is 415 g/mol. The van der Waals surface area contributed by atoms with Gasteiger partial charge >= 0.3 is 18.1 Å². The van der Waals surface area contributed by atoms with Crippen molar-refractivity contribution in [1.82, 2.24) is 0 Å². The molecule has 2 rings (SSSR count). The molecule has 11 heteroatoms. The van der Waals surface area contributed by atoms with Gasteiger partial charge in [-0.2, -0.15) is 13.2 Å². The molecule has 0 saturated carbocycles. The number of anilines is 1. The molecule has 0 amide bonds. The number of carbonyl (C=O) groups is 2. The Morgan fingerprint density at radius 2 is 1.66 bits per heavy atom. The first-order valence-corrected chi connectivity index (χ1v) is 9.77. The van der Waals surface area contributed by atoms with Crippen LogP contribution in [0.3, 0.4) is 0 Å². The van der Waals surface area contributed by atoms with Crippen LogP contribution in [0.5, 0.6) is 0 Å². The molecule has 0 fully saturated rings. The average Bonchev–Trinajstić information content (AvgIpc) is 2.87. The van der Waals surface area contributed by atoms with Gasteiger partial charge in [-0.1, -0.05) is 6.08 Å². The van der Waals surface area contributed by atoms with Gasteiger partial charge in [0.2, 0.25) is 0 Å². The van der Waals surface area contributed by atoms with E-state index >= 15 is 0 Å². The molecule has 0 unspecified atom stereocenters. The van der Waals surface area contributed by atoms with Crippen molar-refractivity contribution in [2.24, 2.45) is 0 Å². The molecule has 0 aliphatic carbocycles. The summed E-state index contributed by atoms with van der Waals surface area (Å²) in [4.78, 5) is 24.5. The van der Waals surface area contributed by atoms with Crippen molar-refractivity contribution in [1.29, 1.82) is 0 Å². The normalized spacial score (nSPS) is 14.6. The number of hydrogen-bond acceptors (Lipinski definition) is 7. The Kier molecular flexibility index (Phi) is 6.21. The summed E-state index contributed by atoms with van der Waals surface area (Å²) in [6.07, 6.45) is 0.893. The number of allylic oxidation sites excluding steroid dienone is 2. The van der Waals surface area contributed by atoms with Crippen molar-refractivity contribution >= 4 is 27.5 Å². The molecule has 1 aromatic carbocycles. The van der Waals surface area contributed by atoms with Crippen molar-refractivity contribution in [2.75, 3.05) is 25.4 Å². The van der Waals surface area contributed by atoms with Crippen molar-refractivity contribution in [2.45, 2.75) is 11.1 Å². The molecule has 0 saturated heterocycles. The minimum atomic E-state index is -4.98. The molecule has 7 nitrogen and oxygen atoms in total. The molecule has 1 aromatic rings. The molecule has 156 valence electrons. The molecule has 0 N–H and O–H groups in total. The zero-order valence-corrected chi connectivity index (χ0v) is 16.3. The first-order valence-electron chi connectivity index (χ1n) is 7.88. The number of hydrogen-bond donors (Lipinski definition) is 0. The number of alkyl halides is 3. The first kappa shape index (κ1) is 22.2. The monoisotopic (exact) mass is 431 g/mol. The second-order valence-corrected chi connectivity index (χ2v) is 7.75. The average molecular weight is 431 g/mol. The summed E-state index contributed by atoms with van der Waals surface area (Å²) in [5.41, 5.74) is -2.28. The SMILES string of the molecule is COC(=O)C1=C(C(=O)OC)N(c2ccc(S(C)(=O)=O)c(C(F)(F)F)c2)C=CC=C1. The van der Waals surface area contributed by atoms with Gasteiger partial charge in [0.25, 0.3) is 0 Å². The predicted molar refractivity (Wildman–Crippen MR) is 96.4 cm³/mol. The van der Waals surface area contributed by atoms with Crippen LogP contribution in [0.4, 0.5) is 18.9 Å². The van der Waals surface area contributed by atoms with E-state index in [9.17, 15) is 31.2 Å². The van der Waals surface area contributed by atoms with E-state index in [1.807, 2.05) is 0 Å². The van der Waals surface area contributed by atoms with Crippen molar-refractivity contribution < 1.29 is 40.7 Å². The zero-order chi connectivity index (χ0) is 22.0. The zero-order valence-electron chi connectivity index (χ0n) is 15.5. The maximum atomic E-state index is 13.5. The summed E-state index contributed by atoms with van der Waals surface area (Å²) >= 11 is 0. The smallest absolute Gasteiger partial charge is 0.417 e. The lowest BCUT2D eigenvalue weighted by molar-refractivity contribution is -0.140. The van der Waals surface area contributed by atoms with Crippen LogP contribution in [0.25, 0.3) is 0 Å². The van der Waals surface area contributed by atoms with E-state index in [0.29, 0.717) is 12.3 Å². The lowest BCUT2D eigenvalue weighted by Crippen LogP contribution is -2.27. The molecule has 0 aromatic heterocycles. The molecule has 1 heterocycles. The van der Waals surface area contributed by atoms with Gasteiger partial charge in [0.05, 0.1) is 30.3 Å². The predicted octanol–water partition coefficient (Wildman–Crippen LogP) is 2.60. The number of rotatable bonds is 4. The number of esters is 2. The van der Waals surface area contributed by atoms with E-state index in [4.69, 9.17) is 0 Å². The molecule has 0 spiro atoms. The lowest BCUT2D eigenvalue weighted by Gasteiger charge is -2.24. The Morgan fingerprint density at radius 3 is 2.17 bits per heavy atom. The maximum Gasteiger partial charge on any atom is 0.417 e. The Bertz CT molecular complexity index is 1040. The summed E-state index contributed by atoms with van der Waals surface area (Å²) in [5, 5.41) is 0. The van der Waals surface area contributed by atoms with E-state index in [-0.39, 0.29) is 11.3 Å². The highest BCUT2D eigenvalue weighted by atomic mass is 32.2. The Morgan fingerprint density at radius 1 is 1.03 bits per heavy atom. The summed E-state index contributed by atoms with van der Waals surface area (Å²) in [5.74, 6) is -1.93. The van der Waals surface area contributed by atoms with Crippen LogP contribution in [-0.2, 0) is 35.1 Å². The third-order valence-electron chi connectivity index (χ3n) is 3.84. The summed E-state index contributed by atoms with van der Waals surface area (Å²) in [6, 6.07) is 2.44. The van der Waals surface area contributed by atoms with Gasteiger partial charge in [-0.3, -0.25) is 0 Å². The van der Waals surface area contributed by atoms with Gasteiger partial charge in [0, 0.05) is 18.1 Å². The number of nitrogens with zero attached hydrogens (tertiary/aromatic N) is 1. The Labute approximate surface area is 164 Å². The fourth-order valence-electron chi connectivity index (χ4n) is 2.58. The highest BCUT2D eigenvalue weighted by molar-refractivity contribution is 7.90. The largest absolute Gasteiger partial charge is 0.465 e. The van der Waals surface area contributed by atoms with Gasteiger partial charge in [-0.05, 0) is 30.4 Å². The van der Waals surface area contributed by atoms with E-state index in [2.05, 4.69) is 9.47 Å². The van der Waals surface area contributed by atoms with E-state index in [0.717, 1.165) is 31.3 Å². The van der Waals surface area contributed by atoms with Crippen molar-refractivity contribution in [3.05, 3.63) is 59.5 Å². The third-order valence-corrected chi connectivity index (χ3v) is 4.99. The molecule has 1 aliphatic rings. The Balaban J connectivity index is 2.80. The van der Waals surface area contributed by atoms with Crippen molar-refractivity contribution in [3.63, 3.8) is 0 Å². The van der Waals surface area contributed by atoms with Crippen molar-refractivity contribution in [3.8, 4) is 0 Å². The number of sulfone groups is 1. The summed E-state index contributed by atoms with van der Waals surface area (Å²) < 4.78 is 73.3. The van der Waals surface area contributed by atoms with Crippen LogP contribution in [-0.4, -0.2) is 40.8 Å². The first-order chi connectivity index (χ1) is 13.4. The van der Waals surface area contributed by atoms with Gasteiger partial charge in [0.15, 0.2) is 9.84 Å². The van der Waals surface area contributed by atoms with Crippen LogP contribution < -0.4 is 4.90 Å². The fourth-order valence-corrected chi connectivity index (χ4v) is 3.47. The molecule has 1 aliphatic heterocycles. The van der Waals surface area contributed by atoms with Crippen LogP contribution in [0.15, 0.2) is 58.8 Å². The van der Waals surface area contributed by atoms with E-state index in [1.54, 1.807) is 0 Å². The maximum absolute atomic E-state index is 13.5. The molecular formula is C18H16F3NO6S. The number of ether oxygens (including phenoxy) is 2. The summed E-state index contributed by atoms with van der Waals surface area (Å²) in [7, 11) is -2.07. The number of methoxy groups -OCH3 is 2. The summed E-state index contributed by atoms with van der Waals surface area (Å²) in [6.45, 7) is 0. The fraction of sp³-hybridized carbons (Fsp3) is 0.222. The minimum Gasteiger partial charge on any atom is -0.465 e. The topological polar surface area (TPSA) is 90.0 Å². The molecule has 29 heavy (non-hydrogen) atoms. The van der Waals surface area contributed by atoms with Gasteiger partial charge < -0.3 is 14.4 Å². The quantitative estimate of drug-likeness (QED) is 0.677. The highest BCUT2D eigenvalue weighted by Crippen LogP contribution is 2.38. The molecule has 0 atom stereocenters. The van der Waals surface area contributed by atoms with Crippen LogP contribution in [0, 0.1) is 0 Å². The molecule has 0 radical (unpaired) electrons. The second-order valence-electron chi connectivity index (χ2n) is 5.77. The van der Waals surface area contributed by atoms with Gasteiger partial charge in [0.1, 0.15) is 5.70 Å². The second kappa shape index (κ2) is 8.11. The van der Waals surface area contributed by atoms with E-state index in [1.165, 1.54) is 24.4 Å². The van der Waals surface area contributed by atoms with Gasteiger partial charge in [-0.15, -0.1) is 0 Å². The highest BCUT2D eigenvalue weighted by Gasteiger charge is 2.37. The van der Waals surface area contributed by atoms with Crippen LogP contribution in [0.2, 0.25) is 0 Å². The number of halogens is 3. The number of benzene rings is 1. The lowest BCUT2D eigenvalue weighted by atomic mass is 10.1. The van der Waals surface area contributed by atoms with Crippen LogP contribution in [0.1, 0.15) is 5.56 Å². The van der Waals surface area contributed by atoms with E-state index < -0.39 is 44.1 Å². The standard InChI is InChI=1S/C18H16F3NO6S/c1-27-16(23)12-6-4-5-9-22(15(12)17(24)28-2)11-7-8-14(29(3,25)26)13(10-11)18(19,20)21/h4-10H,1-3H3. The Hall–Kier alpha value is -3.08. The minimum absolute atomic E-state index is 0.216. The molecule has 0 bridgehead atoms. The van der Waals surface area contributed by atoms with Gasteiger partial charge in [-0.25, -0.2) is 18.0 Å². The number of carbonyl (C=O) groups excluding carboxylic acids is 2. The third kappa shape index (κ3) is 4.67.